The van der Waals surface area contributed by atoms with E-state index >= 15 is 0 Å². The SMILES string of the molecule is COCCN1C(=S)NC(c2ccccn2)C1c1cc(C)n(-c2cccc3ccccc23)c1C. The lowest BCUT2D eigenvalue weighted by Gasteiger charge is -2.28. The first-order valence-electron chi connectivity index (χ1n) is 11.2. The van der Waals surface area contributed by atoms with E-state index in [0.717, 1.165) is 10.8 Å². The minimum absolute atomic E-state index is 0.0254. The molecule has 2 unspecified atom stereocenters. The van der Waals surface area contributed by atoms with Crippen molar-refractivity contribution in [3.8, 4) is 5.69 Å². The smallest absolute Gasteiger partial charge is 0.170 e. The zero-order valence-electron chi connectivity index (χ0n) is 19.2. The molecule has 1 aliphatic heterocycles. The Hall–Kier alpha value is -3.22. The zero-order chi connectivity index (χ0) is 22.9. The molecule has 5 rings (SSSR count). The summed E-state index contributed by atoms with van der Waals surface area (Å²) in [5, 5.41) is 6.75. The van der Waals surface area contributed by atoms with Gasteiger partial charge in [0.25, 0.3) is 0 Å². The third kappa shape index (κ3) is 3.79. The van der Waals surface area contributed by atoms with Crippen LogP contribution in [0.3, 0.4) is 0 Å². The molecule has 0 aliphatic carbocycles. The van der Waals surface area contributed by atoms with E-state index < -0.39 is 0 Å². The average Bonchev–Trinajstić information content (AvgIpc) is 3.32. The fourth-order valence-electron chi connectivity index (χ4n) is 5.04. The number of pyridine rings is 1. The number of hydrogen-bond donors (Lipinski definition) is 1. The maximum Gasteiger partial charge on any atom is 0.170 e. The van der Waals surface area contributed by atoms with Crippen molar-refractivity contribution in [2.24, 2.45) is 0 Å². The lowest BCUT2D eigenvalue weighted by Crippen LogP contribution is -2.32. The van der Waals surface area contributed by atoms with Crippen molar-refractivity contribution in [2.45, 2.75) is 25.9 Å². The Kier molecular flexibility index (Phi) is 5.87. The second kappa shape index (κ2) is 8.96. The van der Waals surface area contributed by atoms with Gasteiger partial charge in [0.1, 0.15) is 0 Å². The van der Waals surface area contributed by atoms with E-state index in [-0.39, 0.29) is 12.1 Å². The van der Waals surface area contributed by atoms with Crippen LogP contribution < -0.4 is 5.32 Å². The van der Waals surface area contributed by atoms with Crippen LogP contribution >= 0.6 is 12.2 Å². The summed E-state index contributed by atoms with van der Waals surface area (Å²) in [5.74, 6) is 0. The topological polar surface area (TPSA) is 42.3 Å². The van der Waals surface area contributed by atoms with Gasteiger partial charge < -0.3 is 19.5 Å². The zero-order valence-corrected chi connectivity index (χ0v) is 20.0. The van der Waals surface area contributed by atoms with Gasteiger partial charge in [0.05, 0.1) is 30.1 Å². The van der Waals surface area contributed by atoms with Gasteiger partial charge in [-0.3, -0.25) is 4.98 Å². The number of aryl methyl sites for hydroxylation is 1. The van der Waals surface area contributed by atoms with Crippen molar-refractivity contribution in [1.82, 2.24) is 19.8 Å². The number of rotatable bonds is 6. The average molecular weight is 457 g/mol. The first-order chi connectivity index (χ1) is 16.1. The Labute approximate surface area is 200 Å². The quantitative estimate of drug-likeness (QED) is 0.401. The van der Waals surface area contributed by atoms with Crippen LogP contribution in [0.2, 0.25) is 0 Å². The lowest BCUT2D eigenvalue weighted by molar-refractivity contribution is 0.164. The van der Waals surface area contributed by atoms with Crippen LogP contribution in [0.4, 0.5) is 0 Å². The number of nitrogens with one attached hydrogen (secondary N) is 1. The van der Waals surface area contributed by atoms with Gasteiger partial charge in [-0.1, -0.05) is 42.5 Å². The highest BCUT2D eigenvalue weighted by atomic mass is 32.1. The highest BCUT2D eigenvalue weighted by molar-refractivity contribution is 7.80. The van der Waals surface area contributed by atoms with Crippen LogP contribution in [-0.4, -0.2) is 39.8 Å². The molecule has 3 heterocycles. The summed E-state index contributed by atoms with van der Waals surface area (Å²) in [4.78, 5) is 6.90. The van der Waals surface area contributed by atoms with Gasteiger partial charge in [-0.15, -0.1) is 0 Å². The Balaban J connectivity index is 1.66. The van der Waals surface area contributed by atoms with E-state index in [2.05, 4.69) is 88.2 Å². The van der Waals surface area contributed by atoms with Crippen LogP contribution in [0.25, 0.3) is 16.5 Å². The Morgan fingerprint density at radius 1 is 1.03 bits per heavy atom. The van der Waals surface area contributed by atoms with Crippen molar-refractivity contribution in [3.05, 3.63) is 95.6 Å². The number of aromatic nitrogens is 2. The Morgan fingerprint density at radius 3 is 2.61 bits per heavy atom. The van der Waals surface area contributed by atoms with E-state index in [0.29, 0.717) is 13.2 Å². The molecule has 33 heavy (non-hydrogen) atoms. The van der Waals surface area contributed by atoms with Crippen LogP contribution in [-0.2, 0) is 4.74 Å². The monoisotopic (exact) mass is 456 g/mol. The summed E-state index contributed by atoms with van der Waals surface area (Å²) in [6.07, 6.45) is 1.84. The summed E-state index contributed by atoms with van der Waals surface area (Å²) in [5.41, 5.74) is 5.84. The minimum atomic E-state index is -0.0305. The van der Waals surface area contributed by atoms with Crippen molar-refractivity contribution >= 4 is 28.1 Å². The normalized spacial score (nSPS) is 18.2. The summed E-state index contributed by atoms with van der Waals surface area (Å²) >= 11 is 5.77. The first kappa shape index (κ1) is 21.6. The molecule has 2 atom stereocenters. The van der Waals surface area contributed by atoms with Gasteiger partial charge in [-0.25, -0.2) is 0 Å². The molecule has 6 heteroatoms. The van der Waals surface area contributed by atoms with Crippen molar-refractivity contribution in [2.75, 3.05) is 20.3 Å². The molecular weight excluding hydrogens is 428 g/mol. The van der Waals surface area contributed by atoms with Gasteiger partial charge in [0.15, 0.2) is 5.11 Å². The van der Waals surface area contributed by atoms with E-state index in [4.69, 9.17) is 17.0 Å². The second-order valence-electron chi connectivity index (χ2n) is 8.47. The van der Waals surface area contributed by atoms with E-state index in [1.54, 1.807) is 7.11 Å². The number of methoxy groups -OCH3 is 1. The molecule has 1 aliphatic rings. The fraction of sp³-hybridized carbons (Fsp3) is 0.259. The molecule has 4 aromatic rings. The van der Waals surface area contributed by atoms with Crippen LogP contribution in [0.15, 0.2) is 72.9 Å². The highest BCUT2D eigenvalue weighted by Gasteiger charge is 2.41. The van der Waals surface area contributed by atoms with E-state index in [9.17, 15) is 0 Å². The van der Waals surface area contributed by atoms with Crippen LogP contribution in [0.1, 0.15) is 34.7 Å². The third-order valence-corrected chi connectivity index (χ3v) is 6.88. The number of ether oxygens (including phenoxy) is 1. The van der Waals surface area contributed by atoms with Crippen LogP contribution in [0, 0.1) is 13.8 Å². The third-order valence-electron chi connectivity index (χ3n) is 6.53. The summed E-state index contributed by atoms with van der Waals surface area (Å²) in [7, 11) is 1.73. The summed E-state index contributed by atoms with van der Waals surface area (Å²) in [6.45, 7) is 5.70. The molecule has 0 saturated carbocycles. The van der Waals surface area contributed by atoms with Crippen molar-refractivity contribution in [3.63, 3.8) is 0 Å². The maximum absolute atomic E-state index is 5.77. The summed E-state index contributed by atoms with van der Waals surface area (Å²) in [6, 6.07) is 23.4. The molecule has 1 saturated heterocycles. The maximum atomic E-state index is 5.77. The van der Waals surface area contributed by atoms with Gasteiger partial charge in [0.2, 0.25) is 0 Å². The van der Waals surface area contributed by atoms with Crippen LogP contribution in [0.5, 0.6) is 0 Å². The molecule has 5 nitrogen and oxygen atoms in total. The number of nitrogens with zero attached hydrogens (tertiary/aromatic N) is 3. The molecule has 168 valence electrons. The molecule has 1 fully saturated rings. The molecule has 0 bridgehead atoms. The molecule has 1 N–H and O–H groups in total. The van der Waals surface area contributed by atoms with E-state index in [1.807, 2.05) is 18.3 Å². The summed E-state index contributed by atoms with van der Waals surface area (Å²) < 4.78 is 7.77. The largest absolute Gasteiger partial charge is 0.383 e. The predicted octanol–water partition coefficient (Wildman–Crippen LogP) is 5.26. The second-order valence-corrected chi connectivity index (χ2v) is 8.86. The molecule has 0 radical (unpaired) electrons. The molecular formula is C27H28N4OS. The van der Waals surface area contributed by atoms with Gasteiger partial charge in [-0.2, -0.15) is 0 Å². The fourth-order valence-corrected chi connectivity index (χ4v) is 5.37. The lowest BCUT2D eigenvalue weighted by atomic mass is 9.97. The predicted molar refractivity (Wildman–Crippen MR) is 137 cm³/mol. The van der Waals surface area contributed by atoms with Gasteiger partial charge >= 0.3 is 0 Å². The van der Waals surface area contributed by atoms with Crippen molar-refractivity contribution in [1.29, 1.82) is 0 Å². The van der Waals surface area contributed by atoms with Gasteiger partial charge in [-0.05, 0) is 61.3 Å². The Morgan fingerprint density at radius 2 is 1.82 bits per heavy atom. The van der Waals surface area contributed by atoms with Crippen molar-refractivity contribution < 1.29 is 4.74 Å². The van der Waals surface area contributed by atoms with Gasteiger partial charge in [0, 0.05) is 36.6 Å². The molecule has 0 amide bonds. The van der Waals surface area contributed by atoms with E-state index in [1.165, 1.54) is 33.4 Å². The molecule has 2 aromatic heterocycles. The molecule has 0 spiro atoms. The Bertz CT molecular complexity index is 1290. The number of thiocarbonyl (C=S) groups is 1. The standard InChI is InChI=1S/C27H28N4OS/c1-18-17-22(19(2)31(18)24-13-8-10-20-9-4-5-11-21(20)24)26-25(23-12-6-7-14-28-23)29-27(33)30(26)15-16-32-3/h4-14,17,25-26H,15-16H2,1-3H3,(H,29,33). The number of benzene rings is 2. The minimum Gasteiger partial charge on any atom is -0.383 e. The first-order valence-corrected chi connectivity index (χ1v) is 11.6. The highest BCUT2D eigenvalue weighted by Crippen LogP contribution is 2.41. The number of hydrogen-bond acceptors (Lipinski definition) is 3. The molecule has 2 aromatic carbocycles. The number of fused-ring (bicyclic) bond motifs is 1.